The van der Waals surface area contributed by atoms with Crippen molar-refractivity contribution >= 4 is 17.6 Å². The van der Waals surface area contributed by atoms with Gasteiger partial charge in [-0.2, -0.15) is 0 Å². The summed E-state index contributed by atoms with van der Waals surface area (Å²) in [6, 6.07) is 8.01. The zero-order valence-electron chi connectivity index (χ0n) is 15.9. The summed E-state index contributed by atoms with van der Waals surface area (Å²) in [4.78, 5) is 25.4. The SMILES string of the molecule is CCOC(=O)[C@H]1CCC[NH+](CC(=O)Nc2ccc(C(C)(C)C)cc2)C1. The second-order valence-electron chi connectivity index (χ2n) is 7.85. The Morgan fingerprint density at radius 1 is 1.24 bits per heavy atom. The standard InChI is InChI=1S/C20H30N2O3/c1-5-25-19(24)15-7-6-12-22(13-15)14-18(23)21-17-10-8-16(9-11-17)20(2,3)4/h8-11,15H,5-7,12-14H2,1-4H3,(H,21,23)/p+1/t15-/m0/s1. The van der Waals surface area contributed by atoms with Crippen LogP contribution in [-0.2, 0) is 19.7 Å². The number of quaternary nitrogens is 1. The van der Waals surface area contributed by atoms with Crippen LogP contribution in [0.15, 0.2) is 24.3 Å². The molecular formula is C20H31N2O3+. The first-order valence-corrected chi connectivity index (χ1v) is 9.20. The van der Waals surface area contributed by atoms with Crippen molar-refractivity contribution in [2.24, 2.45) is 5.92 Å². The third-order valence-electron chi connectivity index (χ3n) is 4.68. The Hall–Kier alpha value is -1.88. The molecule has 1 amide bonds. The molecule has 1 aliphatic rings. The van der Waals surface area contributed by atoms with E-state index in [-0.39, 0.29) is 23.2 Å². The summed E-state index contributed by atoms with van der Waals surface area (Å²) in [7, 11) is 0. The highest BCUT2D eigenvalue weighted by Gasteiger charge is 2.30. The number of carbonyl (C=O) groups excluding carboxylic acids is 2. The van der Waals surface area contributed by atoms with Gasteiger partial charge in [-0.3, -0.25) is 9.59 Å². The van der Waals surface area contributed by atoms with Crippen molar-refractivity contribution in [2.45, 2.75) is 46.0 Å². The van der Waals surface area contributed by atoms with Gasteiger partial charge in [-0.25, -0.2) is 0 Å². The van der Waals surface area contributed by atoms with E-state index < -0.39 is 0 Å². The van der Waals surface area contributed by atoms with Gasteiger partial charge in [-0.1, -0.05) is 32.9 Å². The van der Waals surface area contributed by atoms with Crippen molar-refractivity contribution in [3.05, 3.63) is 29.8 Å². The van der Waals surface area contributed by atoms with Crippen LogP contribution in [0.2, 0.25) is 0 Å². The minimum atomic E-state index is -0.127. The molecule has 0 aliphatic carbocycles. The maximum Gasteiger partial charge on any atom is 0.314 e. The fraction of sp³-hybridized carbons (Fsp3) is 0.600. The first kappa shape index (κ1) is 19.4. The number of rotatable bonds is 5. The van der Waals surface area contributed by atoms with Crippen LogP contribution in [0.4, 0.5) is 5.69 Å². The smallest absolute Gasteiger partial charge is 0.314 e. The minimum absolute atomic E-state index is 0.0111. The number of anilines is 1. The summed E-state index contributed by atoms with van der Waals surface area (Å²) >= 11 is 0. The Kier molecular flexibility index (Phi) is 6.59. The number of hydrogen-bond acceptors (Lipinski definition) is 3. The van der Waals surface area contributed by atoms with E-state index in [4.69, 9.17) is 4.74 Å². The molecule has 0 aromatic heterocycles. The van der Waals surface area contributed by atoms with Crippen LogP contribution in [0.3, 0.4) is 0 Å². The Bertz CT molecular complexity index is 590. The molecule has 1 fully saturated rings. The van der Waals surface area contributed by atoms with E-state index in [1.807, 2.05) is 19.1 Å². The Morgan fingerprint density at radius 2 is 1.92 bits per heavy atom. The summed E-state index contributed by atoms with van der Waals surface area (Å²) in [6.07, 6.45) is 1.81. The third kappa shape index (κ3) is 5.85. The maximum atomic E-state index is 12.3. The lowest BCUT2D eigenvalue weighted by Crippen LogP contribution is -3.14. The van der Waals surface area contributed by atoms with Gasteiger partial charge in [0.05, 0.1) is 19.7 Å². The summed E-state index contributed by atoms with van der Waals surface area (Å²) in [5.74, 6) is -0.219. The lowest BCUT2D eigenvalue weighted by molar-refractivity contribution is -0.899. The first-order valence-electron chi connectivity index (χ1n) is 9.20. The molecule has 1 saturated heterocycles. The summed E-state index contributed by atoms with van der Waals surface area (Å²) in [5, 5.41) is 2.96. The van der Waals surface area contributed by atoms with Gasteiger partial charge < -0.3 is 15.0 Å². The molecule has 25 heavy (non-hydrogen) atoms. The monoisotopic (exact) mass is 347 g/mol. The molecule has 0 saturated carbocycles. The van der Waals surface area contributed by atoms with Gasteiger partial charge in [0.15, 0.2) is 6.54 Å². The molecule has 2 N–H and O–H groups in total. The summed E-state index contributed by atoms with van der Waals surface area (Å²) < 4.78 is 5.12. The highest BCUT2D eigenvalue weighted by atomic mass is 16.5. The van der Waals surface area contributed by atoms with Crippen molar-refractivity contribution < 1.29 is 19.2 Å². The number of esters is 1. The Morgan fingerprint density at radius 3 is 2.52 bits per heavy atom. The van der Waals surface area contributed by atoms with Crippen molar-refractivity contribution in [1.82, 2.24) is 0 Å². The summed E-state index contributed by atoms with van der Waals surface area (Å²) in [6.45, 7) is 10.7. The van der Waals surface area contributed by atoms with E-state index in [9.17, 15) is 9.59 Å². The highest BCUT2D eigenvalue weighted by molar-refractivity contribution is 5.91. The van der Waals surface area contributed by atoms with Crippen LogP contribution >= 0.6 is 0 Å². The fourth-order valence-electron chi connectivity index (χ4n) is 3.26. The number of likely N-dealkylation sites (tertiary alicyclic amines) is 1. The molecule has 1 heterocycles. The number of hydrogen-bond donors (Lipinski definition) is 2. The Labute approximate surface area is 150 Å². The molecule has 0 bridgehead atoms. The number of ether oxygens (including phenoxy) is 1. The van der Waals surface area contributed by atoms with Gasteiger partial charge in [0.25, 0.3) is 5.91 Å². The number of benzene rings is 1. The molecule has 1 aliphatic heterocycles. The first-order chi connectivity index (χ1) is 11.8. The van der Waals surface area contributed by atoms with E-state index in [0.29, 0.717) is 19.7 Å². The molecule has 1 aromatic carbocycles. The normalized spacial score (nSPS) is 20.8. The second-order valence-corrected chi connectivity index (χ2v) is 7.85. The predicted octanol–water partition coefficient (Wildman–Crippen LogP) is 1.78. The van der Waals surface area contributed by atoms with Gasteiger partial charge in [0, 0.05) is 5.69 Å². The molecule has 5 nitrogen and oxygen atoms in total. The van der Waals surface area contributed by atoms with Crippen LogP contribution in [0, 0.1) is 5.92 Å². The molecule has 0 spiro atoms. The van der Waals surface area contributed by atoms with Crippen molar-refractivity contribution in [1.29, 1.82) is 0 Å². The van der Waals surface area contributed by atoms with Gasteiger partial charge in [0.1, 0.15) is 5.92 Å². The molecule has 1 unspecified atom stereocenters. The molecular weight excluding hydrogens is 316 g/mol. The number of amides is 1. The van der Waals surface area contributed by atoms with Crippen LogP contribution in [-0.4, -0.2) is 38.1 Å². The molecule has 1 aromatic rings. The zero-order chi connectivity index (χ0) is 18.4. The largest absolute Gasteiger partial charge is 0.466 e. The minimum Gasteiger partial charge on any atom is -0.466 e. The van der Waals surface area contributed by atoms with E-state index in [2.05, 4.69) is 38.2 Å². The zero-order valence-corrected chi connectivity index (χ0v) is 15.9. The molecule has 2 atom stereocenters. The second kappa shape index (κ2) is 8.48. The van der Waals surface area contributed by atoms with Crippen molar-refractivity contribution in [3.63, 3.8) is 0 Å². The Balaban J connectivity index is 1.86. The van der Waals surface area contributed by atoms with Gasteiger partial charge in [0.2, 0.25) is 0 Å². The van der Waals surface area contributed by atoms with Gasteiger partial charge in [-0.05, 0) is 42.9 Å². The number of nitrogens with one attached hydrogen (secondary N) is 2. The number of piperidine rings is 1. The summed E-state index contributed by atoms with van der Waals surface area (Å²) in [5.41, 5.74) is 2.16. The molecule has 0 radical (unpaired) electrons. The quantitative estimate of drug-likeness (QED) is 0.798. The van der Waals surface area contributed by atoms with Crippen molar-refractivity contribution in [3.8, 4) is 0 Å². The molecule has 5 heteroatoms. The maximum absolute atomic E-state index is 12.3. The van der Waals surface area contributed by atoms with Crippen LogP contribution in [0.1, 0.15) is 46.1 Å². The predicted molar refractivity (Wildman–Crippen MR) is 98.7 cm³/mol. The van der Waals surface area contributed by atoms with Gasteiger partial charge in [-0.15, -0.1) is 0 Å². The van der Waals surface area contributed by atoms with Crippen LogP contribution < -0.4 is 10.2 Å². The van der Waals surface area contributed by atoms with E-state index >= 15 is 0 Å². The lowest BCUT2D eigenvalue weighted by atomic mass is 9.87. The highest BCUT2D eigenvalue weighted by Crippen LogP contribution is 2.23. The molecule has 2 rings (SSSR count). The topological polar surface area (TPSA) is 59.8 Å². The van der Waals surface area contributed by atoms with Crippen molar-refractivity contribution in [2.75, 3.05) is 31.6 Å². The van der Waals surface area contributed by atoms with Crippen LogP contribution in [0.5, 0.6) is 0 Å². The lowest BCUT2D eigenvalue weighted by Gasteiger charge is -2.28. The third-order valence-corrected chi connectivity index (χ3v) is 4.68. The molecule has 138 valence electrons. The average Bonchev–Trinajstić information content (AvgIpc) is 2.55. The van der Waals surface area contributed by atoms with E-state index in [1.54, 1.807) is 0 Å². The van der Waals surface area contributed by atoms with Gasteiger partial charge >= 0.3 is 5.97 Å². The fourth-order valence-corrected chi connectivity index (χ4v) is 3.26. The average molecular weight is 347 g/mol. The van der Waals surface area contributed by atoms with Crippen LogP contribution in [0.25, 0.3) is 0 Å². The van der Waals surface area contributed by atoms with E-state index in [0.717, 1.165) is 30.0 Å². The van der Waals surface area contributed by atoms with E-state index in [1.165, 1.54) is 5.56 Å². The number of carbonyl (C=O) groups is 2.